The van der Waals surface area contributed by atoms with Crippen LogP contribution in [0.1, 0.15) is 18.9 Å². The third-order valence-electron chi connectivity index (χ3n) is 4.03. The van der Waals surface area contributed by atoms with E-state index in [1.807, 2.05) is 12.1 Å². The fourth-order valence-electron chi connectivity index (χ4n) is 2.87. The summed E-state index contributed by atoms with van der Waals surface area (Å²) < 4.78 is 23.3. The largest absolute Gasteiger partial charge is 0.508 e. The van der Waals surface area contributed by atoms with Crippen LogP contribution in [0.4, 0.5) is 0 Å². The number of hydrogen-bond donors (Lipinski definition) is 2. The van der Waals surface area contributed by atoms with Crippen molar-refractivity contribution in [3.8, 4) is 5.75 Å². The highest BCUT2D eigenvalue weighted by Crippen LogP contribution is 2.28. The van der Waals surface area contributed by atoms with Gasteiger partial charge in [-0.2, -0.15) is 0 Å². The maximum atomic E-state index is 11.7. The minimum absolute atomic E-state index is 0.243. The van der Waals surface area contributed by atoms with Crippen LogP contribution < -0.4 is 5.32 Å². The lowest BCUT2D eigenvalue weighted by Gasteiger charge is -2.23. The maximum absolute atomic E-state index is 11.7. The molecule has 0 spiro atoms. The lowest BCUT2D eigenvalue weighted by Crippen LogP contribution is -2.30. The van der Waals surface area contributed by atoms with Crippen molar-refractivity contribution in [1.82, 2.24) is 5.32 Å². The Kier molecular flexibility index (Phi) is 5.05. The molecule has 2 unspecified atom stereocenters. The molecule has 1 aromatic rings. The highest BCUT2D eigenvalue weighted by molar-refractivity contribution is 7.91. The van der Waals surface area contributed by atoms with Crippen molar-refractivity contribution in [2.45, 2.75) is 19.8 Å². The van der Waals surface area contributed by atoms with Crippen LogP contribution in [0.25, 0.3) is 0 Å². The second-order valence-corrected chi connectivity index (χ2v) is 7.83. The molecule has 2 rings (SSSR count). The van der Waals surface area contributed by atoms with E-state index in [-0.39, 0.29) is 11.7 Å². The first-order valence-corrected chi connectivity index (χ1v) is 9.01. The molecule has 4 nitrogen and oxygen atoms in total. The van der Waals surface area contributed by atoms with Crippen LogP contribution in [-0.4, -0.2) is 38.1 Å². The van der Waals surface area contributed by atoms with Crippen LogP contribution in [-0.2, 0) is 16.3 Å². The predicted octanol–water partition coefficient (Wildman–Crippen LogP) is 1.60. The SMILES string of the molecule is CCNCC(Cc1ccc(O)cc1)C1CCS(=O)(=O)C1. The molecule has 0 amide bonds. The number of aromatic hydroxyl groups is 1. The zero-order valence-electron chi connectivity index (χ0n) is 11.9. The zero-order valence-corrected chi connectivity index (χ0v) is 12.7. The third-order valence-corrected chi connectivity index (χ3v) is 5.82. The Morgan fingerprint density at radius 3 is 2.60 bits per heavy atom. The summed E-state index contributed by atoms with van der Waals surface area (Å²) in [6.45, 7) is 3.80. The molecule has 2 atom stereocenters. The second kappa shape index (κ2) is 6.59. The summed E-state index contributed by atoms with van der Waals surface area (Å²) in [5.41, 5.74) is 1.15. The van der Waals surface area contributed by atoms with Gasteiger partial charge in [-0.3, -0.25) is 0 Å². The zero-order chi connectivity index (χ0) is 14.6. The lowest BCUT2D eigenvalue weighted by atomic mass is 9.86. The second-order valence-electron chi connectivity index (χ2n) is 5.60. The fourth-order valence-corrected chi connectivity index (χ4v) is 4.79. The molecule has 0 aromatic heterocycles. The van der Waals surface area contributed by atoms with Crippen molar-refractivity contribution < 1.29 is 13.5 Å². The molecule has 1 aromatic carbocycles. The molecule has 2 N–H and O–H groups in total. The van der Waals surface area contributed by atoms with E-state index < -0.39 is 9.84 Å². The van der Waals surface area contributed by atoms with Gasteiger partial charge in [-0.1, -0.05) is 19.1 Å². The van der Waals surface area contributed by atoms with Gasteiger partial charge in [0.15, 0.2) is 9.84 Å². The first-order chi connectivity index (χ1) is 9.50. The smallest absolute Gasteiger partial charge is 0.150 e. The van der Waals surface area contributed by atoms with Gasteiger partial charge < -0.3 is 10.4 Å². The van der Waals surface area contributed by atoms with E-state index in [0.717, 1.165) is 31.5 Å². The van der Waals surface area contributed by atoms with Crippen molar-refractivity contribution in [2.24, 2.45) is 11.8 Å². The van der Waals surface area contributed by atoms with Gasteiger partial charge in [0.05, 0.1) is 11.5 Å². The van der Waals surface area contributed by atoms with Crippen molar-refractivity contribution in [2.75, 3.05) is 24.6 Å². The number of sulfone groups is 1. The highest BCUT2D eigenvalue weighted by Gasteiger charge is 2.33. The molecular weight excluding hydrogens is 274 g/mol. The summed E-state index contributed by atoms with van der Waals surface area (Å²) in [4.78, 5) is 0. The van der Waals surface area contributed by atoms with Gasteiger partial charge in [0.1, 0.15) is 5.75 Å². The van der Waals surface area contributed by atoms with Gasteiger partial charge in [-0.05, 0) is 55.5 Å². The average Bonchev–Trinajstić information content (AvgIpc) is 2.77. The minimum Gasteiger partial charge on any atom is -0.508 e. The number of hydrogen-bond acceptors (Lipinski definition) is 4. The van der Waals surface area contributed by atoms with Crippen LogP contribution in [0.15, 0.2) is 24.3 Å². The Balaban J connectivity index is 2.05. The van der Waals surface area contributed by atoms with Crippen LogP contribution >= 0.6 is 0 Å². The first kappa shape index (κ1) is 15.3. The van der Waals surface area contributed by atoms with Gasteiger partial charge in [0.2, 0.25) is 0 Å². The summed E-state index contributed by atoms with van der Waals surface area (Å²) in [6, 6.07) is 7.20. The summed E-state index contributed by atoms with van der Waals surface area (Å²) in [5, 5.41) is 12.7. The van der Waals surface area contributed by atoms with Crippen LogP contribution in [0.3, 0.4) is 0 Å². The van der Waals surface area contributed by atoms with Crippen molar-refractivity contribution in [3.05, 3.63) is 29.8 Å². The standard InChI is InChI=1S/C15H23NO3S/c1-2-16-10-14(13-7-8-20(18,19)11-13)9-12-3-5-15(17)6-4-12/h3-6,13-14,16-17H,2,7-11H2,1H3. The van der Waals surface area contributed by atoms with Crippen LogP contribution in [0.5, 0.6) is 5.75 Å². The predicted molar refractivity (Wildman–Crippen MR) is 80.6 cm³/mol. The molecule has 5 heteroatoms. The number of nitrogens with one attached hydrogen (secondary N) is 1. The molecule has 0 saturated carbocycles. The van der Waals surface area contributed by atoms with E-state index in [0.29, 0.717) is 17.4 Å². The molecule has 1 heterocycles. The summed E-state index contributed by atoms with van der Waals surface area (Å²) in [5.74, 6) is 1.49. The molecule has 0 radical (unpaired) electrons. The van der Waals surface area contributed by atoms with Gasteiger partial charge in [0.25, 0.3) is 0 Å². The van der Waals surface area contributed by atoms with Gasteiger partial charge in [-0.15, -0.1) is 0 Å². The molecule has 0 aliphatic carbocycles. The Morgan fingerprint density at radius 2 is 2.05 bits per heavy atom. The lowest BCUT2D eigenvalue weighted by molar-refractivity contribution is 0.346. The van der Waals surface area contributed by atoms with Gasteiger partial charge >= 0.3 is 0 Å². The monoisotopic (exact) mass is 297 g/mol. The Hall–Kier alpha value is -1.07. The van der Waals surface area contributed by atoms with Crippen LogP contribution in [0, 0.1) is 11.8 Å². The average molecular weight is 297 g/mol. The van der Waals surface area contributed by atoms with Crippen LogP contribution in [0.2, 0.25) is 0 Å². The Labute approximate surface area is 121 Å². The Morgan fingerprint density at radius 1 is 1.35 bits per heavy atom. The van der Waals surface area contributed by atoms with E-state index in [2.05, 4.69) is 12.2 Å². The van der Waals surface area contributed by atoms with E-state index in [1.165, 1.54) is 0 Å². The minimum atomic E-state index is -2.83. The molecule has 20 heavy (non-hydrogen) atoms. The van der Waals surface area contributed by atoms with E-state index in [1.54, 1.807) is 12.1 Å². The molecule has 112 valence electrons. The van der Waals surface area contributed by atoms with Crippen molar-refractivity contribution >= 4 is 9.84 Å². The number of phenolic OH excluding ortho intramolecular Hbond substituents is 1. The first-order valence-electron chi connectivity index (χ1n) is 7.19. The number of benzene rings is 1. The van der Waals surface area contributed by atoms with Crippen molar-refractivity contribution in [3.63, 3.8) is 0 Å². The molecule has 1 aliphatic rings. The van der Waals surface area contributed by atoms with Gasteiger partial charge in [0, 0.05) is 0 Å². The molecular formula is C15H23NO3S. The summed E-state index contributed by atoms with van der Waals surface area (Å²) >= 11 is 0. The molecule has 1 saturated heterocycles. The number of rotatable bonds is 6. The Bertz CT molecular complexity index is 525. The quantitative estimate of drug-likeness (QED) is 0.837. The summed E-state index contributed by atoms with van der Waals surface area (Å²) in [7, 11) is -2.83. The normalized spacial score (nSPS) is 22.8. The fraction of sp³-hybridized carbons (Fsp3) is 0.600. The maximum Gasteiger partial charge on any atom is 0.150 e. The van der Waals surface area contributed by atoms with E-state index in [9.17, 15) is 13.5 Å². The molecule has 1 aliphatic heterocycles. The topological polar surface area (TPSA) is 66.4 Å². The molecule has 0 bridgehead atoms. The number of phenols is 1. The van der Waals surface area contributed by atoms with E-state index >= 15 is 0 Å². The van der Waals surface area contributed by atoms with Crippen molar-refractivity contribution in [1.29, 1.82) is 0 Å². The highest BCUT2D eigenvalue weighted by atomic mass is 32.2. The van der Waals surface area contributed by atoms with E-state index in [4.69, 9.17) is 0 Å². The third kappa shape index (κ3) is 4.21. The molecule has 1 fully saturated rings. The van der Waals surface area contributed by atoms with Gasteiger partial charge in [-0.25, -0.2) is 8.42 Å². The summed E-state index contributed by atoms with van der Waals surface area (Å²) in [6.07, 6.45) is 1.63.